The average Bonchev–Trinajstić information content (AvgIpc) is 3.11. The maximum absolute atomic E-state index is 13.1. The van der Waals surface area contributed by atoms with E-state index in [0.717, 1.165) is 18.2 Å². The molecule has 1 aliphatic rings. The van der Waals surface area contributed by atoms with Crippen LogP contribution in [0.1, 0.15) is 53.9 Å². The summed E-state index contributed by atoms with van der Waals surface area (Å²) in [5.41, 5.74) is -1.53. The molecular formula is C26H16F3NO7. The van der Waals surface area contributed by atoms with Crippen molar-refractivity contribution in [3.05, 3.63) is 94.5 Å². The Morgan fingerprint density at radius 3 is 2.14 bits per heavy atom. The van der Waals surface area contributed by atoms with Crippen molar-refractivity contribution in [2.45, 2.75) is 13.1 Å². The molecule has 0 fully saturated rings. The number of ether oxygens (including phenoxy) is 2. The molecule has 0 aromatic heterocycles. The molecule has 2 amide bonds. The molecule has 0 bridgehead atoms. The van der Waals surface area contributed by atoms with E-state index in [2.05, 4.69) is 0 Å². The zero-order valence-electron chi connectivity index (χ0n) is 19.0. The van der Waals surface area contributed by atoms with Crippen LogP contribution in [-0.4, -0.2) is 36.1 Å². The van der Waals surface area contributed by atoms with Gasteiger partial charge in [0.05, 0.1) is 27.9 Å². The van der Waals surface area contributed by atoms with Crippen LogP contribution >= 0.6 is 0 Å². The Kier molecular flexibility index (Phi) is 6.62. The number of Topliss-reactive ketones (excluding diaryl/α,β-unsaturated/α-hetero) is 1. The van der Waals surface area contributed by atoms with Gasteiger partial charge in [0.1, 0.15) is 5.75 Å². The highest BCUT2D eigenvalue weighted by atomic mass is 19.4. The molecule has 3 aromatic rings. The van der Waals surface area contributed by atoms with Crippen LogP contribution in [0, 0.1) is 0 Å². The zero-order chi connectivity index (χ0) is 26.9. The van der Waals surface area contributed by atoms with Crippen LogP contribution < -0.4 is 9.64 Å². The summed E-state index contributed by atoms with van der Waals surface area (Å²) in [6.07, 6.45) is -4.67. The van der Waals surface area contributed by atoms with Crippen molar-refractivity contribution in [2.75, 3.05) is 11.5 Å². The number of halogens is 3. The van der Waals surface area contributed by atoms with Crippen molar-refractivity contribution < 1.29 is 46.6 Å². The Morgan fingerprint density at radius 2 is 1.49 bits per heavy atom. The average molecular weight is 511 g/mol. The second-order valence-corrected chi connectivity index (χ2v) is 7.87. The Labute approximate surface area is 207 Å². The summed E-state index contributed by atoms with van der Waals surface area (Å²) in [6.45, 7) is 0.593. The topological polar surface area (TPSA) is 107 Å². The standard InChI is InChI=1S/C26H16F3NO7/c1-14(31)37-19-8-5-15(6-9-19)22(32)13-36-25(35)16-7-10-20-21(11-16)24(34)30(23(20)33)18-4-2-3-17(12-18)26(27,28)29/h2-12H,13H2,1H3. The lowest BCUT2D eigenvalue weighted by Crippen LogP contribution is -2.29. The first kappa shape index (κ1) is 25.3. The zero-order valence-corrected chi connectivity index (χ0v) is 19.0. The first-order valence-electron chi connectivity index (χ1n) is 10.6. The molecule has 0 N–H and O–H groups in total. The third-order valence-electron chi connectivity index (χ3n) is 5.33. The minimum Gasteiger partial charge on any atom is -0.454 e. The molecule has 0 atom stereocenters. The SMILES string of the molecule is CC(=O)Oc1ccc(C(=O)COC(=O)c2ccc3c(c2)C(=O)N(c2cccc(C(F)(F)F)c2)C3=O)cc1. The van der Waals surface area contributed by atoms with E-state index in [9.17, 15) is 37.1 Å². The van der Waals surface area contributed by atoms with E-state index in [-0.39, 0.29) is 33.7 Å². The van der Waals surface area contributed by atoms with Gasteiger partial charge in [-0.1, -0.05) is 6.07 Å². The molecule has 8 nitrogen and oxygen atoms in total. The summed E-state index contributed by atoms with van der Waals surface area (Å²) in [5.74, 6) is -3.54. The molecule has 1 aliphatic heterocycles. The van der Waals surface area contributed by atoms with Crippen molar-refractivity contribution in [3.8, 4) is 5.75 Å². The number of anilines is 1. The van der Waals surface area contributed by atoms with E-state index >= 15 is 0 Å². The van der Waals surface area contributed by atoms with E-state index in [4.69, 9.17) is 9.47 Å². The van der Waals surface area contributed by atoms with Crippen LogP contribution in [0.2, 0.25) is 0 Å². The number of alkyl halides is 3. The van der Waals surface area contributed by atoms with Gasteiger partial charge in [0.2, 0.25) is 0 Å². The smallest absolute Gasteiger partial charge is 0.416 e. The van der Waals surface area contributed by atoms with E-state index in [1.807, 2.05) is 0 Å². The van der Waals surface area contributed by atoms with Gasteiger partial charge in [-0.15, -0.1) is 0 Å². The van der Waals surface area contributed by atoms with Gasteiger partial charge in [-0.05, 0) is 60.7 Å². The minimum atomic E-state index is -4.67. The molecule has 11 heteroatoms. The van der Waals surface area contributed by atoms with E-state index in [1.165, 1.54) is 49.4 Å². The number of hydrogen-bond donors (Lipinski definition) is 0. The molecule has 37 heavy (non-hydrogen) atoms. The monoisotopic (exact) mass is 511 g/mol. The van der Waals surface area contributed by atoms with E-state index < -0.39 is 47.9 Å². The molecule has 0 saturated carbocycles. The molecule has 0 unspecified atom stereocenters. The van der Waals surface area contributed by atoms with Crippen LogP contribution in [0.3, 0.4) is 0 Å². The number of hydrogen-bond acceptors (Lipinski definition) is 7. The molecule has 1 heterocycles. The maximum atomic E-state index is 13.1. The van der Waals surface area contributed by atoms with Crippen molar-refractivity contribution in [1.29, 1.82) is 0 Å². The van der Waals surface area contributed by atoms with Gasteiger partial charge >= 0.3 is 18.1 Å². The fraction of sp³-hybridized carbons (Fsp3) is 0.115. The second-order valence-electron chi connectivity index (χ2n) is 7.87. The van der Waals surface area contributed by atoms with Crippen molar-refractivity contribution in [3.63, 3.8) is 0 Å². The van der Waals surface area contributed by atoms with Gasteiger partial charge in [-0.2, -0.15) is 13.2 Å². The van der Waals surface area contributed by atoms with Gasteiger partial charge < -0.3 is 9.47 Å². The van der Waals surface area contributed by atoms with Crippen LogP contribution in [0.4, 0.5) is 18.9 Å². The molecule has 0 aliphatic carbocycles. The van der Waals surface area contributed by atoms with E-state index in [0.29, 0.717) is 11.0 Å². The summed E-state index contributed by atoms with van der Waals surface area (Å²) >= 11 is 0. The van der Waals surface area contributed by atoms with Crippen LogP contribution in [0.15, 0.2) is 66.7 Å². The number of carbonyl (C=O) groups excluding carboxylic acids is 5. The van der Waals surface area contributed by atoms with Gasteiger partial charge in [0.25, 0.3) is 11.8 Å². The van der Waals surface area contributed by atoms with E-state index in [1.54, 1.807) is 0 Å². The highest BCUT2D eigenvalue weighted by Crippen LogP contribution is 2.34. The molecule has 0 spiro atoms. The van der Waals surface area contributed by atoms with Crippen molar-refractivity contribution in [2.24, 2.45) is 0 Å². The quantitative estimate of drug-likeness (QED) is 0.208. The number of benzene rings is 3. The fourth-order valence-corrected chi connectivity index (χ4v) is 3.60. The summed E-state index contributed by atoms with van der Waals surface area (Å²) in [7, 11) is 0. The Morgan fingerprint density at radius 1 is 0.838 bits per heavy atom. The molecular weight excluding hydrogens is 495 g/mol. The number of amides is 2. The molecule has 4 rings (SSSR count). The number of carbonyl (C=O) groups is 5. The summed E-state index contributed by atoms with van der Waals surface area (Å²) in [4.78, 5) is 62.0. The van der Waals surface area contributed by atoms with Crippen molar-refractivity contribution in [1.82, 2.24) is 0 Å². The van der Waals surface area contributed by atoms with Crippen molar-refractivity contribution >= 4 is 35.2 Å². The Balaban J connectivity index is 1.47. The Bertz CT molecular complexity index is 1450. The molecule has 0 radical (unpaired) electrons. The predicted octanol–water partition coefficient (Wildman–Crippen LogP) is 4.47. The lowest BCUT2D eigenvalue weighted by molar-refractivity contribution is -0.137. The largest absolute Gasteiger partial charge is 0.454 e. The number of rotatable bonds is 6. The van der Waals surface area contributed by atoms with Gasteiger partial charge in [0.15, 0.2) is 12.4 Å². The number of esters is 2. The van der Waals surface area contributed by atoms with Gasteiger partial charge in [-0.3, -0.25) is 19.2 Å². The minimum absolute atomic E-state index is 0.0945. The third kappa shape index (κ3) is 5.25. The first-order valence-corrected chi connectivity index (χ1v) is 10.6. The number of fused-ring (bicyclic) bond motifs is 1. The second kappa shape index (κ2) is 9.69. The molecule has 188 valence electrons. The summed E-state index contributed by atoms with van der Waals surface area (Å²) < 4.78 is 49.1. The number of imide groups is 1. The first-order chi connectivity index (χ1) is 17.5. The fourth-order valence-electron chi connectivity index (χ4n) is 3.60. The third-order valence-corrected chi connectivity index (χ3v) is 5.33. The molecule has 0 saturated heterocycles. The molecule has 3 aromatic carbocycles. The summed E-state index contributed by atoms with van der Waals surface area (Å²) in [5, 5.41) is 0. The van der Waals surface area contributed by atoms with Crippen LogP contribution in [0.5, 0.6) is 5.75 Å². The normalized spacial score (nSPS) is 12.8. The van der Waals surface area contributed by atoms with Gasteiger partial charge in [-0.25, -0.2) is 9.69 Å². The van der Waals surface area contributed by atoms with Crippen LogP contribution in [-0.2, 0) is 15.7 Å². The lowest BCUT2D eigenvalue weighted by atomic mass is 10.1. The van der Waals surface area contributed by atoms with Gasteiger partial charge in [0, 0.05) is 12.5 Å². The number of ketones is 1. The summed E-state index contributed by atoms with van der Waals surface area (Å²) in [6, 6.07) is 12.8. The number of nitrogens with zero attached hydrogens (tertiary/aromatic N) is 1. The lowest BCUT2D eigenvalue weighted by Gasteiger charge is -2.16. The Hall–Kier alpha value is -4.80. The highest BCUT2D eigenvalue weighted by Gasteiger charge is 2.39. The maximum Gasteiger partial charge on any atom is 0.416 e. The highest BCUT2D eigenvalue weighted by molar-refractivity contribution is 6.34. The van der Waals surface area contributed by atoms with Crippen LogP contribution in [0.25, 0.3) is 0 Å². The predicted molar refractivity (Wildman–Crippen MR) is 121 cm³/mol.